The second kappa shape index (κ2) is 7.16. The van der Waals surface area contributed by atoms with Crippen molar-refractivity contribution < 1.29 is 14.6 Å². The van der Waals surface area contributed by atoms with Gasteiger partial charge in [0, 0.05) is 55.9 Å². The van der Waals surface area contributed by atoms with Crippen LogP contribution in [0.4, 0.5) is 4.79 Å². The summed E-state index contributed by atoms with van der Waals surface area (Å²) in [5.74, 6) is 0. The molecule has 1 aliphatic carbocycles. The van der Waals surface area contributed by atoms with Crippen molar-refractivity contribution in [2.45, 2.75) is 57.7 Å². The van der Waals surface area contributed by atoms with Gasteiger partial charge in [-0.25, -0.2) is 4.79 Å². The molecule has 26 heavy (non-hydrogen) atoms. The maximum Gasteiger partial charge on any atom is 0.317 e. The number of aryl methyl sites for hydroxylation is 1. The second-order valence-corrected chi connectivity index (χ2v) is 8.46. The zero-order chi connectivity index (χ0) is 18.9. The van der Waals surface area contributed by atoms with E-state index >= 15 is 0 Å². The number of hydrogen-bond donors (Lipinski definition) is 2. The number of piperidine rings is 1. The number of carbonyl (C=O) groups is 1. The highest BCUT2D eigenvalue weighted by molar-refractivity contribution is 5.74. The Morgan fingerprint density at radius 2 is 2.15 bits per heavy atom. The van der Waals surface area contributed by atoms with Crippen molar-refractivity contribution in [3.05, 3.63) is 29.6 Å². The van der Waals surface area contributed by atoms with Crippen LogP contribution in [0.1, 0.15) is 44.4 Å². The first-order chi connectivity index (χ1) is 12.3. The van der Waals surface area contributed by atoms with Crippen molar-refractivity contribution in [2.75, 3.05) is 26.7 Å². The highest BCUT2D eigenvalue weighted by Crippen LogP contribution is 2.50. The molecule has 0 aromatic carbocycles. The SMILES string of the molecule is COC1CC(O)C12CCN(C(=O)NCC(C)(C)c1cc(C)ccn1)CC2. The Morgan fingerprint density at radius 1 is 1.46 bits per heavy atom. The van der Waals surface area contributed by atoms with Crippen LogP contribution in [0.3, 0.4) is 0 Å². The third-order valence-corrected chi connectivity index (χ3v) is 6.30. The quantitative estimate of drug-likeness (QED) is 0.862. The van der Waals surface area contributed by atoms with E-state index in [2.05, 4.69) is 30.2 Å². The van der Waals surface area contributed by atoms with E-state index in [4.69, 9.17) is 4.74 Å². The predicted octanol–water partition coefficient (Wildman–Crippen LogP) is 2.24. The zero-order valence-corrected chi connectivity index (χ0v) is 16.3. The number of pyridine rings is 1. The van der Waals surface area contributed by atoms with Crippen LogP contribution in [-0.4, -0.2) is 60.0 Å². The van der Waals surface area contributed by atoms with Crippen molar-refractivity contribution in [1.29, 1.82) is 0 Å². The van der Waals surface area contributed by atoms with Crippen molar-refractivity contribution >= 4 is 6.03 Å². The molecule has 1 aromatic rings. The lowest BCUT2D eigenvalue weighted by Gasteiger charge is -2.56. The number of nitrogens with zero attached hydrogens (tertiary/aromatic N) is 2. The minimum atomic E-state index is -0.302. The molecule has 6 heteroatoms. The first-order valence-electron chi connectivity index (χ1n) is 9.45. The number of amides is 2. The van der Waals surface area contributed by atoms with Crippen molar-refractivity contribution in [3.63, 3.8) is 0 Å². The van der Waals surface area contributed by atoms with Crippen molar-refractivity contribution in [3.8, 4) is 0 Å². The molecule has 0 radical (unpaired) electrons. The number of methoxy groups -OCH3 is 1. The lowest BCUT2D eigenvalue weighted by atomic mass is 9.58. The molecule has 1 saturated carbocycles. The summed E-state index contributed by atoms with van der Waals surface area (Å²) in [6.07, 6.45) is 3.93. The molecule has 2 fully saturated rings. The Kier molecular flexibility index (Phi) is 5.26. The number of aliphatic hydroxyl groups is 1. The summed E-state index contributed by atoms with van der Waals surface area (Å²) in [4.78, 5) is 18.9. The highest BCUT2D eigenvalue weighted by atomic mass is 16.5. The number of rotatable bonds is 4. The highest BCUT2D eigenvalue weighted by Gasteiger charge is 2.56. The van der Waals surface area contributed by atoms with Crippen LogP contribution >= 0.6 is 0 Å². The summed E-state index contributed by atoms with van der Waals surface area (Å²) in [6.45, 7) is 8.08. The fourth-order valence-electron chi connectivity index (χ4n) is 4.24. The number of aliphatic hydroxyl groups excluding tert-OH is 1. The molecular formula is C20H31N3O3. The van der Waals surface area contributed by atoms with Gasteiger partial charge in [0.25, 0.3) is 0 Å². The lowest BCUT2D eigenvalue weighted by molar-refractivity contribution is -0.198. The molecule has 1 saturated heterocycles. The Balaban J connectivity index is 1.53. The minimum absolute atomic E-state index is 0.0386. The van der Waals surface area contributed by atoms with Gasteiger partial charge in [-0.15, -0.1) is 0 Å². The van der Waals surface area contributed by atoms with Gasteiger partial charge in [-0.3, -0.25) is 4.98 Å². The first kappa shape index (κ1) is 19.1. The Morgan fingerprint density at radius 3 is 2.73 bits per heavy atom. The molecule has 3 rings (SSSR count). The molecule has 144 valence electrons. The summed E-state index contributed by atoms with van der Waals surface area (Å²) in [5, 5.41) is 13.3. The fraction of sp³-hybridized carbons (Fsp3) is 0.700. The first-order valence-corrected chi connectivity index (χ1v) is 9.45. The third kappa shape index (κ3) is 3.45. The fourth-order valence-corrected chi connectivity index (χ4v) is 4.24. The van der Waals surface area contributed by atoms with E-state index in [1.165, 1.54) is 5.56 Å². The topological polar surface area (TPSA) is 74.7 Å². The van der Waals surface area contributed by atoms with Crippen LogP contribution in [0.25, 0.3) is 0 Å². The zero-order valence-electron chi connectivity index (χ0n) is 16.3. The molecule has 2 N–H and O–H groups in total. The number of urea groups is 1. The number of ether oxygens (including phenoxy) is 1. The number of hydrogen-bond acceptors (Lipinski definition) is 4. The van der Waals surface area contributed by atoms with E-state index < -0.39 is 0 Å². The molecule has 2 aliphatic rings. The van der Waals surface area contributed by atoms with Crippen LogP contribution in [0, 0.1) is 12.3 Å². The van der Waals surface area contributed by atoms with E-state index in [9.17, 15) is 9.90 Å². The van der Waals surface area contributed by atoms with E-state index in [1.54, 1.807) is 7.11 Å². The van der Waals surface area contributed by atoms with Gasteiger partial charge in [0.15, 0.2) is 0 Å². The van der Waals surface area contributed by atoms with E-state index in [0.717, 1.165) is 18.5 Å². The van der Waals surface area contributed by atoms with Gasteiger partial charge in [0.1, 0.15) is 0 Å². The van der Waals surface area contributed by atoms with E-state index in [-0.39, 0.29) is 29.1 Å². The molecular weight excluding hydrogens is 330 g/mol. The summed E-state index contributed by atoms with van der Waals surface area (Å²) in [5.41, 5.74) is 1.76. The van der Waals surface area contributed by atoms with Crippen LogP contribution in [0.2, 0.25) is 0 Å². The maximum absolute atomic E-state index is 12.6. The van der Waals surface area contributed by atoms with Gasteiger partial charge >= 0.3 is 6.03 Å². The number of carbonyl (C=O) groups excluding carboxylic acids is 1. The number of nitrogens with one attached hydrogen (secondary N) is 1. The van der Waals surface area contributed by atoms with E-state index in [1.807, 2.05) is 24.1 Å². The Bertz CT molecular complexity index is 653. The molecule has 2 unspecified atom stereocenters. The van der Waals surface area contributed by atoms with Crippen molar-refractivity contribution in [2.24, 2.45) is 5.41 Å². The molecule has 2 amide bonds. The molecule has 1 aliphatic heterocycles. The molecule has 1 spiro atoms. The van der Waals surface area contributed by atoms with Crippen LogP contribution in [0.15, 0.2) is 18.3 Å². The second-order valence-electron chi connectivity index (χ2n) is 8.46. The molecule has 2 heterocycles. The summed E-state index contributed by atoms with van der Waals surface area (Å²) in [7, 11) is 1.71. The van der Waals surface area contributed by atoms with Gasteiger partial charge in [-0.05, 0) is 37.5 Å². The summed E-state index contributed by atoms with van der Waals surface area (Å²) in [6, 6.07) is 4.01. The van der Waals surface area contributed by atoms with E-state index in [0.29, 0.717) is 26.1 Å². The number of aromatic nitrogens is 1. The maximum atomic E-state index is 12.6. The Labute approximate surface area is 155 Å². The van der Waals surface area contributed by atoms with Crippen LogP contribution < -0.4 is 5.32 Å². The van der Waals surface area contributed by atoms with Gasteiger partial charge in [-0.1, -0.05) is 13.8 Å². The van der Waals surface area contributed by atoms with Crippen molar-refractivity contribution in [1.82, 2.24) is 15.2 Å². The molecule has 0 bridgehead atoms. The van der Waals surface area contributed by atoms with Gasteiger partial charge in [0.2, 0.25) is 0 Å². The Hall–Kier alpha value is -1.66. The average Bonchev–Trinajstić information content (AvgIpc) is 2.64. The minimum Gasteiger partial charge on any atom is -0.392 e. The smallest absolute Gasteiger partial charge is 0.317 e. The molecule has 2 atom stereocenters. The largest absolute Gasteiger partial charge is 0.392 e. The monoisotopic (exact) mass is 361 g/mol. The van der Waals surface area contributed by atoms with Gasteiger partial charge in [-0.2, -0.15) is 0 Å². The van der Waals surface area contributed by atoms with Gasteiger partial charge in [0.05, 0.1) is 12.2 Å². The average molecular weight is 361 g/mol. The normalized spacial score (nSPS) is 25.0. The summed E-state index contributed by atoms with van der Waals surface area (Å²) >= 11 is 0. The van der Waals surface area contributed by atoms with Gasteiger partial charge < -0.3 is 20.1 Å². The van der Waals surface area contributed by atoms with Crippen LogP contribution in [-0.2, 0) is 10.2 Å². The number of likely N-dealkylation sites (tertiary alicyclic amines) is 1. The summed E-state index contributed by atoms with van der Waals surface area (Å²) < 4.78 is 5.51. The molecule has 6 nitrogen and oxygen atoms in total. The predicted molar refractivity (Wildman–Crippen MR) is 100 cm³/mol. The third-order valence-electron chi connectivity index (χ3n) is 6.30. The lowest BCUT2D eigenvalue weighted by Crippen LogP contribution is -2.63. The standard InChI is InChI=1S/C20H31N3O3/c1-14-5-8-21-15(11-14)19(2,3)13-22-18(25)23-9-6-20(7-10-23)16(24)12-17(20)26-4/h5,8,11,16-17,24H,6-7,9-10,12-13H2,1-4H3,(H,22,25). The van der Waals surface area contributed by atoms with Crippen LogP contribution in [0.5, 0.6) is 0 Å². The molecule has 1 aromatic heterocycles.